The predicted octanol–water partition coefficient (Wildman–Crippen LogP) is 0.931. The maximum Gasteiger partial charge on any atom is 0.253 e. The molecule has 1 aliphatic carbocycles. The number of benzene rings is 1. The van der Waals surface area contributed by atoms with Crippen molar-refractivity contribution in [2.75, 3.05) is 12.3 Å². The molecule has 18 heavy (non-hydrogen) atoms. The van der Waals surface area contributed by atoms with Crippen LogP contribution in [0.3, 0.4) is 0 Å². The standard InChI is InChI=1S/C12H14ClN3O2/c13-11-8(2-1-3-9(11)14)12(18)15-6-10(17)16-7-4-5-7/h1-3,7H,4-6,14H2,(H,15,18)(H,16,17). The Labute approximate surface area is 110 Å². The van der Waals surface area contributed by atoms with Gasteiger partial charge in [0, 0.05) is 6.04 Å². The minimum absolute atomic E-state index is 0.0551. The topological polar surface area (TPSA) is 84.2 Å². The van der Waals surface area contributed by atoms with Gasteiger partial charge >= 0.3 is 0 Å². The van der Waals surface area contributed by atoms with Gasteiger partial charge < -0.3 is 16.4 Å². The number of nitrogens with one attached hydrogen (secondary N) is 2. The molecule has 96 valence electrons. The lowest BCUT2D eigenvalue weighted by Crippen LogP contribution is -2.37. The van der Waals surface area contributed by atoms with Gasteiger partial charge in [-0.15, -0.1) is 0 Å². The summed E-state index contributed by atoms with van der Waals surface area (Å²) in [5.41, 5.74) is 6.21. The maximum atomic E-state index is 11.8. The maximum absolute atomic E-state index is 11.8. The SMILES string of the molecule is Nc1cccc(C(=O)NCC(=O)NC2CC2)c1Cl. The van der Waals surface area contributed by atoms with Gasteiger partial charge in [0.2, 0.25) is 5.91 Å². The molecule has 5 nitrogen and oxygen atoms in total. The molecule has 0 atom stereocenters. The molecule has 0 bridgehead atoms. The lowest BCUT2D eigenvalue weighted by molar-refractivity contribution is -0.120. The first-order valence-corrected chi connectivity index (χ1v) is 6.07. The average molecular weight is 268 g/mol. The Morgan fingerprint density at radius 1 is 1.39 bits per heavy atom. The van der Waals surface area contributed by atoms with Crippen LogP contribution in [-0.4, -0.2) is 24.4 Å². The Hall–Kier alpha value is -1.75. The van der Waals surface area contributed by atoms with Crippen molar-refractivity contribution < 1.29 is 9.59 Å². The monoisotopic (exact) mass is 267 g/mol. The van der Waals surface area contributed by atoms with E-state index in [1.165, 1.54) is 0 Å². The van der Waals surface area contributed by atoms with Crippen molar-refractivity contribution in [3.05, 3.63) is 28.8 Å². The molecule has 2 amide bonds. The highest BCUT2D eigenvalue weighted by Crippen LogP contribution is 2.22. The molecule has 6 heteroatoms. The van der Waals surface area contributed by atoms with E-state index in [2.05, 4.69) is 10.6 Å². The van der Waals surface area contributed by atoms with Crippen molar-refractivity contribution in [3.8, 4) is 0 Å². The Kier molecular flexibility index (Phi) is 3.72. The fourth-order valence-corrected chi connectivity index (χ4v) is 1.70. The highest BCUT2D eigenvalue weighted by atomic mass is 35.5. The van der Waals surface area contributed by atoms with E-state index in [-0.39, 0.29) is 29.1 Å². The van der Waals surface area contributed by atoms with Gasteiger partial charge in [0.15, 0.2) is 0 Å². The van der Waals surface area contributed by atoms with Crippen LogP contribution in [0.5, 0.6) is 0 Å². The van der Waals surface area contributed by atoms with Gasteiger partial charge in [0.1, 0.15) is 0 Å². The highest BCUT2D eigenvalue weighted by Gasteiger charge is 2.23. The Balaban J connectivity index is 1.90. The summed E-state index contributed by atoms with van der Waals surface area (Å²) in [7, 11) is 0. The molecular weight excluding hydrogens is 254 g/mol. The molecule has 1 fully saturated rings. The number of anilines is 1. The summed E-state index contributed by atoms with van der Waals surface area (Å²) in [6.07, 6.45) is 2.03. The molecule has 0 saturated heterocycles. The van der Waals surface area contributed by atoms with E-state index in [1.807, 2.05) is 0 Å². The van der Waals surface area contributed by atoms with Crippen LogP contribution in [0.2, 0.25) is 5.02 Å². The predicted molar refractivity (Wildman–Crippen MR) is 69.4 cm³/mol. The average Bonchev–Trinajstić information content (AvgIpc) is 3.13. The molecule has 1 aromatic rings. The molecule has 4 N–H and O–H groups in total. The zero-order chi connectivity index (χ0) is 13.1. The first kappa shape index (κ1) is 12.7. The van der Waals surface area contributed by atoms with Crippen molar-refractivity contribution in [1.82, 2.24) is 10.6 Å². The third-order valence-electron chi connectivity index (χ3n) is 2.63. The van der Waals surface area contributed by atoms with E-state index in [0.717, 1.165) is 12.8 Å². The van der Waals surface area contributed by atoms with Gasteiger partial charge in [-0.3, -0.25) is 9.59 Å². The van der Waals surface area contributed by atoms with Crippen LogP contribution >= 0.6 is 11.6 Å². The van der Waals surface area contributed by atoms with E-state index >= 15 is 0 Å². The van der Waals surface area contributed by atoms with Crippen molar-refractivity contribution in [3.63, 3.8) is 0 Å². The Morgan fingerprint density at radius 3 is 2.78 bits per heavy atom. The molecule has 0 heterocycles. The summed E-state index contributed by atoms with van der Waals surface area (Å²) in [5.74, 6) is -0.593. The summed E-state index contributed by atoms with van der Waals surface area (Å²) >= 11 is 5.91. The van der Waals surface area contributed by atoms with Crippen LogP contribution in [0.1, 0.15) is 23.2 Å². The fourth-order valence-electron chi connectivity index (χ4n) is 1.49. The number of carbonyl (C=O) groups is 2. The molecule has 0 aliphatic heterocycles. The molecular formula is C12H14ClN3O2. The van der Waals surface area contributed by atoms with Crippen LogP contribution in [-0.2, 0) is 4.79 Å². The zero-order valence-electron chi connectivity index (χ0n) is 9.70. The number of rotatable bonds is 4. The second-order valence-electron chi connectivity index (χ2n) is 4.23. The molecule has 1 aromatic carbocycles. The van der Waals surface area contributed by atoms with E-state index in [1.54, 1.807) is 18.2 Å². The van der Waals surface area contributed by atoms with Gasteiger partial charge in [-0.1, -0.05) is 17.7 Å². The van der Waals surface area contributed by atoms with Gasteiger partial charge in [-0.05, 0) is 25.0 Å². The Morgan fingerprint density at radius 2 is 2.11 bits per heavy atom. The van der Waals surface area contributed by atoms with Gasteiger partial charge in [0.05, 0.1) is 22.8 Å². The van der Waals surface area contributed by atoms with Gasteiger partial charge in [0.25, 0.3) is 5.91 Å². The third-order valence-corrected chi connectivity index (χ3v) is 3.05. The molecule has 0 unspecified atom stereocenters. The van der Waals surface area contributed by atoms with Gasteiger partial charge in [-0.2, -0.15) is 0 Å². The number of nitrogens with two attached hydrogens (primary N) is 1. The van der Waals surface area contributed by atoms with Crippen LogP contribution in [0, 0.1) is 0 Å². The zero-order valence-corrected chi connectivity index (χ0v) is 10.5. The highest BCUT2D eigenvalue weighted by molar-refractivity contribution is 6.36. The third kappa shape index (κ3) is 3.13. The lowest BCUT2D eigenvalue weighted by atomic mass is 10.2. The largest absolute Gasteiger partial charge is 0.398 e. The van der Waals surface area contributed by atoms with Crippen LogP contribution < -0.4 is 16.4 Å². The number of amides is 2. The molecule has 1 aliphatic rings. The summed E-state index contributed by atoms with van der Waals surface area (Å²) in [4.78, 5) is 23.2. The molecule has 1 saturated carbocycles. The normalized spacial score (nSPS) is 14.1. The van der Waals surface area contributed by atoms with Crippen LogP contribution in [0.4, 0.5) is 5.69 Å². The lowest BCUT2D eigenvalue weighted by Gasteiger charge is -2.08. The number of hydrogen-bond acceptors (Lipinski definition) is 3. The number of nitrogen functional groups attached to an aromatic ring is 1. The van der Waals surface area contributed by atoms with E-state index < -0.39 is 5.91 Å². The van der Waals surface area contributed by atoms with E-state index in [9.17, 15) is 9.59 Å². The molecule has 0 spiro atoms. The van der Waals surface area contributed by atoms with Crippen molar-refractivity contribution in [2.45, 2.75) is 18.9 Å². The van der Waals surface area contributed by atoms with Crippen molar-refractivity contribution >= 4 is 29.1 Å². The first-order chi connectivity index (χ1) is 8.58. The van der Waals surface area contributed by atoms with E-state index in [0.29, 0.717) is 5.69 Å². The number of halogens is 1. The van der Waals surface area contributed by atoms with Crippen molar-refractivity contribution in [1.29, 1.82) is 0 Å². The molecule has 2 rings (SSSR count). The first-order valence-electron chi connectivity index (χ1n) is 5.69. The number of hydrogen-bond donors (Lipinski definition) is 3. The van der Waals surface area contributed by atoms with Gasteiger partial charge in [-0.25, -0.2) is 0 Å². The fraction of sp³-hybridized carbons (Fsp3) is 0.333. The van der Waals surface area contributed by atoms with E-state index in [4.69, 9.17) is 17.3 Å². The molecule has 0 radical (unpaired) electrons. The summed E-state index contributed by atoms with van der Waals surface area (Å²) in [6.45, 7) is -0.0551. The summed E-state index contributed by atoms with van der Waals surface area (Å²) < 4.78 is 0. The second kappa shape index (κ2) is 5.27. The van der Waals surface area contributed by atoms with Crippen LogP contribution in [0.25, 0.3) is 0 Å². The minimum Gasteiger partial charge on any atom is -0.398 e. The number of carbonyl (C=O) groups excluding carboxylic acids is 2. The van der Waals surface area contributed by atoms with Crippen LogP contribution in [0.15, 0.2) is 18.2 Å². The quantitative estimate of drug-likeness (QED) is 0.710. The smallest absolute Gasteiger partial charge is 0.253 e. The molecule has 0 aromatic heterocycles. The minimum atomic E-state index is -0.404. The Bertz CT molecular complexity index is 486. The van der Waals surface area contributed by atoms with Crippen molar-refractivity contribution in [2.24, 2.45) is 0 Å². The summed E-state index contributed by atoms with van der Waals surface area (Å²) in [5, 5.41) is 5.49. The summed E-state index contributed by atoms with van der Waals surface area (Å²) in [6, 6.07) is 5.09. The second-order valence-corrected chi connectivity index (χ2v) is 4.61.